The third kappa shape index (κ3) is 4.14. The first kappa shape index (κ1) is 15.2. The first-order chi connectivity index (χ1) is 9.56. The highest BCUT2D eigenvalue weighted by molar-refractivity contribution is 9.10. The van der Waals surface area contributed by atoms with E-state index in [2.05, 4.69) is 26.6 Å². The molecule has 1 atom stereocenters. The number of rotatable bonds is 4. The number of nitrogens with one attached hydrogen (secondary N) is 2. The molecular formula is C13H15BrN2O3S. The number of hydrogen-bond acceptors (Lipinski definition) is 3. The maximum Gasteiger partial charge on any atom is 0.335 e. The second-order valence-electron chi connectivity index (χ2n) is 4.47. The fourth-order valence-corrected chi connectivity index (χ4v) is 3.48. The molecular weight excluding hydrogens is 344 g/mol. The Kier molecular flexibility index (Phi) is 5.31. The Balaban J connectivity index is 1.92. The summed E-state index contributed by atoms with van der Waals surface area (Å²) >= 11 is 5.16. The number of amides is 2. The molecule has 1 saturated heterocycles. The molecule has 2 amide bonds. The van der Waals surface area contributed by atoms with Crippen LogP contribution in [-0.4, -0.2) is 34.7 Å². The van der Waals surface area contributed by atoms with Crippen LogP contribution in [0.15, 0.2) is 22.7 Å². The summed E-state index contributed by atoms with van der Waals surface area (Å²) < 4.78 is 0.646. The predicted octanol–water partition coefficient (Wildman–Crippen LogP) is 3.16. The molecule has 1 aliphatic heterocycles. The van der Waals surface area contributed by atoms with Gasteiger partial charge in [-0.1, -0.05) is 0 Å². The normalized spacial score (nSPS) is 17.8. The fourth-order valence-electron chi connectivity index (χ4n) is 1.93. The molecule has 2 rings (SSSR count). The average Bonchev–Trinajstić information content (AvgIpc) is 2.92. The van der Waals surface area contributed by atoms with Crippen LogP contribution in [-0.2, 0) is 0 Å². The standard InChI is InChI=1S/C13H15BrN2O3S/c14-10-4-3-8(12(17)18)6-11(10)16-13(19)15-7-9-2-1-5-20-9/h3-4,6,9H,1-2,5,7H2,(H,17,18)(H2,15,16,19). The van der Waals surface area contributed by atoms with E-state index in [0.29, 0.717) is 22.0 Å². The lowest BCUT2D eigenvalue weighted by Gasteiger charge is -2.12. The Morgan fingerprint density at radius 2 is 2.25 bits per heavy atom. The number of anilines is 1. The Bertz CT molecular complexity index is 518. The molecule has 0 radical (unpaired) electrons. The van der Waals surface area contributed by atoms with Gasteiger partial charge in [-0.15, -0.1) is 0 Å². The van der Waals surface area contributed by atoms with Crippen LogP contribution in [0.2, 0.25) is 0 Å². The first-order valence-corrected chi connectivity index (χ1v) is 8.10. The SMILES string of the molecule is O=C(NCC1CCCS1)Nc1cc(C(=O)O)ccc1Br. The van der Waals surface area contributed by atoms with Gasteiger partial charge in [0, 0.05) is 16.3 Å². The first-order valence-electron chi connectivity index (χ1n) is 6.25. The minimum atomic E-state index is -1.02. The zero-order valence-corrected chi connectivity index (χ0v) is 13.1. The third-order valence-corrected chi connectivity index (χ3v) is 5.07. The van der Waals surface area contributed by atoms with Gasteiger partial charge in [-0.25, -0.2) is 9.59 Å². The van der Waals surface area contributed by atoms with Gasteiger partial charge in [0.1, 0.15) is 0 Å². The molecule has 0 bridgehead atoms. The van der Waals surface area contributed by atoms with Crippen molar-refractivity contribution in [1.82, 2.24) is 5.32 Å². The van der Waals surface area contributed by atoms with Gasteiger partial charge in [-0.05, 0) is 52.7 Å². The van der Waals surface area contributed by atoms with Crippen molar-refractivity contribution in [1.29, 1.82) is 0 Å². The molecule has 0 saturated carbocycles. The molecule has 20 heavy (non-hydrogen) atoms. The van der Waals surface area contributed by atoms with Crippen molar-refractivity contribution in [3.63, 3.8) is 0 Å². The number of benzene rings is 1. The van der Waals surface area contributed by atoms with Gasteiger partial charge in [0.15, 0.2) is 0 Å². The number of aromatic carboxylic acids is 1. The molecule has 108 valence electrons. The summed E-state index contributed by atoms with van der Waals surface area (Å²) in [6.07, 6.45) is 2.33. The van der Waals surface area contributed by atoms with Crippen molar-refractivity contribution in [2.24, 2.45) is 0 Å². The van der Waals surface area contributed by atoms with Crippen LogP contribution in [0, 0.1) is 0 Å². The van der Waals surface area contributed by atoms with Crippen LogP contribution >= 0.6 is 27.7 Å². The van der Waals surface area contributed by atoms with E-state index in [1.54, 1.807) is 6.07 Å². The summed E-state index contributed by atoms with van der Waals surface area (Å²) in [5.41, 5.74) is 0.580. The molecule has 1 aliphatic rings. The molecule has 1 aromatic carbocycles. The second-order valence-corrected chi connectivity index (χ2v) is 6.73. The molecule has 1 fully saturated rings. The second kappa shape index (κ2) is 6.99. The predicted molar refractivity (Wildman–Crippen MR) is 83.6 cm³/mol. The molecule has 1 heterocycles. The van der Waals surface area contributed by atoms with Crippen molar-refractivity contribution in [3.05, 3.63) is 28.2 Å². The number of halogens is 1. The van der Waals surface area contributed by atoms with E-state index in [4.69, 9.17) is 5.11 Å². The van der Waals surface area contributed by atoms with Crippen LogP contribution < -0.4 is 10.6 Å². The Morgan fingerprint density at radius 3 is 2.90 bits per heavy atom. The van der Waals surface area contributed by atoms with Gasteiger partial charge in [0.05, 0.1) is 11.3 Å². The van der Waals surface area contributed by atoms with E-state index < -0.39 is 5.97 Å². The van der Waals surface area contributed by atoms with Crippen LogP contribution in [0.3, 0.4) is 0 Å². The topological polar surface area (TPSA) is 78.4 Å². The van der Waals surface area contributed by atoms with E-state index >= 15 is 0 Å². The van der Waals surface area contributed by atoms with Gasteiger partial charge in [0.2, 0.25) is 0 Å². The van der Waals surface area contributed by atoms with E-state index in [0.717, 1.165) is 12.2 Å². The summed E-state index contributed by atoms with van der Waals surface area (Å²) in [7, 11) is 0. The largest absolute Gasteiger partial charge is 0.478 e. The van der Waals surface area contributed by atoms with E-state index in [1.807, 2.05) is 11.8 Å². The fraction of sp³-hybridized carbons (Fsp3) is 0.385. The molecule has 0 spiro atoms. The molecule has 0 aromatic heterocycles. The zero-order chi connectivity index (χ0) is 14.5. The van der Waals surface area contributed by atoms with E-state index in [1.165, 1.54) is 18.6 Å². The van der Waals surface area contributed by atoms with Gasteiger partial charge in [0.25, 0.3) is 0 Å². The number of carbonyl (C=O) groups is 2. The van der Waals surface area contributed by atoms with Gasteiger partial charge < -0.3 is 15.7 Å². The number of carbonyl (C=O) groups excluding carboxylic acids is 1. The van der Waals surface area contributed by atoms with E-state index in [-0.39, 0.29) is 11.6 Å². The maximum absolute atomic E-state index is 11.8. The summed E-state index contributed by atoms with van der Waals surface area (Å²) in [6.45, 7) is 0.632. The molecule has 1 unspecified atom stereocenters. The highest BCUT2D eigenvalue weighted by Crippen LogP contribution is 2.26. The lowest BCUT2D eigenvalue weighted by Crippen LogP contribution is -2.33. The zero-order valence-electron chi connectivity index (χ0n) is 10.7. The maximum atomic E-state index is 11.8. The number of carboxylic acids is 1. The number of urea groups is 1. The summed E-state index contributed by atoms with van der Waals surface area (Å²) in [5.74, 6) is 0.128. The highest BCUT2D eigenvalue weighted by Gasteiger charge is 2.16. The number of thioether (sulfide) groups is 1. The molecule has 0 aliphatic carbocycles. The van der Waals surface area contributed by atoms with Crippen LogP contribution in [0.4, 0.5) is 10.5 Å². The molecule has 3 N–H and O–H groups in total. The van der Waals surface area contributed by atoms with Crippen molar-refractivity contribution in [3.8, 4) is 0 Å². The highest BCUT2D eigenvalue weighted by atomic mass is 79.9. The molecule has 1 aromatic rings. The summed E-state index contributed by atoms with van der Waals surface area (Å²) in [6, 6.07) is 4.19. The number of carboxylic acid groups (broad SMARTS) is 1. The smallest absolute Gasteiger partial charge is 0.335 e. The summed E-state index contributed by atoms with van der Waals surface area (Å²) in [4.78, 5) is 22.7. The van der Waals surface area contributed by atoms with Crippen LogP contribution in [0.5, 0.6) is 0 Å². The molecule has 7 heteroatoms. The van der Waals surface area contributed by atoms with Crippen LogP contribution in [0.1, 0.15) is 23.2 Å². The van der Waals surface area contributed by atoms with Crippen molar-refractivity contribution < 1.29 is 14.7 Å². The molecule has 5 nitrogen and oxygen atoms in total. The minimum Gasteiger partial charge on any atom is -0.478 e. The van der Waals surface area contributed by atoms with Gasteiger partial charge >= 0.3 is 12.0 Å². The average molecular weight is 359 g/mol. The Hall–Kier alpha value is -1.21. The van der Waals surface area contributed by atoms with Crippen molar-refractivity contribution in [2.45, 2.75) is 18.1 Å². The lowest BCUT2D eigenvalue weighted by atomic mass is 10.2. The lowest BCUT2D eigenvalue weighted by molar-refractivity contribution is 0.0697. The van der Waals surface area contributed by atoms with Crippen LogP contribution in [0.25, 0.3) is 0 Å². The Morgan fingerprint density at radius 1 is 1.45 bits per heavy atom. The number of hydrogen-bond donors (Lipinski definition) is 3. The monoisotopic (exact) mass is 358 g/mol. The van der Waals surface area contributed by atoms with E-state index in [9.17, 15) is 9.59 Å². The quantitative estimate of drug-likeness (QED) is 0.772. The van der Waals surface area contributed by atoms with Gasteiger partial charge in [-0.2, -0.15) is 11.8 Å². The Labute approximate surface area is 129 Å². The summed E-state index contributed by atoms with van der Waals surface area (Å²) in [5, 5.41) is 14.9. The minimum absolute atomic E-state index is 0.134. The van der Waals surface area contributed by atoms with Gasteiger partial charge in [-0.3, -0.25) is 0 Å². The van der Waals surface area contributed by atoms with Crippen molar-refractivity contribution in [2.75, 3.05) is 17.6 Å². The third-order valence-electron chi connectivity index (χ3n) is 2.98. The van der Waals surface area contributed by atoms with Crippen molar-refractivity contribution >= 4 is 45.4 Å².